The first-order valence-corrected chi connectivity index (χ1v) is 9.81. The molecule has 0 amide bonds. The van der Waals surface area contributed by atoms with Crippen molar-refractivity contribution in [2.24, 2.45) is 0 Å². The summed E-state index contributed by atoms with van der Waals surface area (Å²) in [6.45, 7) is -0.189. The highest BCUT2D eigenvalue weighted by Crippen LogP contribution is 2.23. The molecule has 0 radical (unpaired) electrons. The van der Waals surface area contributed by atoms with Crippen LogP contribution in [-0.2, 0) is 21.4 Å². The molecule has 0 aliphatic carbocycles. The van der Waals surface area contributed by atoms with Crippen molar-refractivity contribution < 1.29 is 27.1 Å². The molecule has 1 heterocycles. The van der Waals surface area contributed by atoms with Crippen molar-refractivity contribution in [3.8, 4) is 11.5 Å². The Morgan fingerprint density at radius 2 is 1.68 bits per heavy atom. The van der Waals surface area contributed by atoms with Crippen LogP contribution in [0, 0.1) is 0 Å². The van der Waals surface area contributed by atoms with Crippen LogP contribution in [0.2, 0.25) is 0 Å². The fraction of sp³-hybridized carbons (Fsp3) is 0.150. The van der Waals surface area contributed by atoms with Crippen molar-refractivity contribution in [1.82, 2.24) is 4.31 Å². The number of rotatable bonds is 7. The maximum Gasteiger partial charge on any atom is 0.338 e. The third-order valence-electron chi connectivity index (χ3n) is 3.77. The van der Waals surface area contributed by atoms with Crippen LogP contribution < -0.4 is 4.74 Å². The molecule has 3 rings (SSSR count). The SMILES string of the molecule is CN(C)S(=O)(=O)c1ccc(COC(=O)c2cccc(Oc3ccccc3)c2)o1. The van der Waals surface area contributed by atoms with Gasteiger partial charge in [0, 0.05) is 14.1 Å². The predicted octanol–water partition coefficient (Wildman–Crippen LogP) is 3.68. The van der Waals surface area contributed by atoms with Gasteiger partial charge in [-0.05, 0) is 42.5 Å². The number of hydrogen-bond donors (Lipinski definition) is 0. The summed E-state index contributed by atoms with van der Waals surface area (Å²) in [4.78, 5) is 12.3. The van der Waals surface area contributed by atoms with Crippen molar-refractivity contribution >= 4 is 16.0 Å². The van der Waals surface area contributed by atoms with Crippen LogP contribution in [0.25, 0.3) is 0 Å². The quantitative estimate of drug-likeness (QED) is 0.562. The Kier molecular flexibility index (Phi) is 5.81. The minimum Gasteiger partial charge on any atom is -0.457 e. The largest absolute Gasteiger partial charge is 0.457 e. The molecule has 0 unspecified atom stereocenters. The van der Waals surface area contributed by atoms with E-state index in [-0.39, 0.29) is 17.5 Å². The van der Waals surface area contributed by atoms with Gasteiger partial charge in [-0.3, -0.25) is 0 Å². The fourth-order valence-corrected chi connectivity index (χ4v) is 3.10. The molecule has 0 saturated carbocycles. The van der Waals surface area contributed by atoms with Gasteiger partial charge >= 0.3 is 5.97 Å². The van der Waals surface area contributed by atoms with E-state index >= 15 is 0 Å². The molecule has 0 fully saturated rings. The normalized spacial score (nSPS) is 11.4. The minimum atomic E-state index is -3.67. The van der Waals surface area contributed by atoms with E-state index in [2.05, 4.69) is 0 Å². The van der Waals surface area contributed by atoms with E-state index < -0.39 is 16.0 Å². The molecular weight excluding hydrogens is 382 g/mol. The van der Waals surface area contributed by atoms with Crippen LogP contribution in [0.15, 0.2) is 76.2 Å². The fourth-order valence-electron chi connectivity index (χ4n) is 2.29. The molecule has 0 bridgehead atoms. The van der Waals surface area contributed by atoms with E-state index in [0.29, 0.717) is 17.1 Å². The number of furan rings is 1. The van der Waals surface area contributed by atoms with Gasteiger partial charge in [-0.1, -0.05) is 24.3 Å². The third-order valence-corrected chi connectivity index (χ3v) is 5.46. The Hall–Kier alpha value is -3.10. The highest BCUT2D eigenvalue weighted by atomic mass is 32.2. The second-order valence-corrected chi connectivity index (χ2v) is 8.11. The van der Waals surface area contributed by atoms with Crippen LogP contribution in [0.4, 0.5) is 0 Å². The number of para-hydroxylation sites is 1. The summed E-state index contributed by atoms with van der Waals surface area (Å²) in [5, 5.41) is -0.207. The molecule has 8 heteroatoms. The lowest BCUT2D eigenvalue weighted by molar-refractivity contribution is 0.0440. The molecule has 0 N–H and O–H groups in total. The van der Waals surface area contributed by atoms with Crippen LogP contribution in [-0.4, -0.2) is 32.8 Å². The Morgan fingerprint density at radius 1 is 0.964 bits per heavy atom. The Bertz CT molecular complexity index is 1060. The number of ether oxygens (including phenoxy) is 2. The highest BCUT2D eigenvalue weighted by Gasteiger charge is 2.22. The summed E-state index contributed by atoms with van der Waals surface area (Å²) >= 11 is 0. The Morgan fingerprint density at radius 3 is 2.39 bits per heavy atom. The lowest BCUT2D eigenvalue weighted by atomic mass is 10.2. The van der Waals surface area contributed by atoms with Crippen molar-refractivity contribution in [1.29, 1.82) is 0 Å². The summed E-state index contributed by atoms with van der Waals surface area (Å²) in [6.07, 6.45) is 0. The number of hydrogen-bond acceptors (Lipinski definition) is 6. The number of benzene rings is 2. The summed E-state index contributed by atoms with van der Waals surface area (Å²) in [5.74, 6) is 0.800. The van der Waals surface area contributed by atoms with Crippen molar-refractivity contribution in [2.45, 2.75) is 11.7 Å². The van der Waals surface area contributed by atoms with Gasteiger partial charge in [0.2, 0.25) is 5.09 Å². The van der Waals surface area contributed by atoms with Gasteiger partial charge in [0.25, 0.3) is 10.0 Å². The lowest BCUT2D eigenvalue weighted by Crippen LogP contribution is -2.21. The molecule has 0 saturated heterocycles. The first kappa shape index (κ1) is 19.7. The van der Waals surface area contributed by atoms with Gasteiger partial charge in [-0.2, -0.15) is 0 Å². The van der Waals surface area contributed by atoms with Crippen LogP contribution >= 0.6 is 0 Å². The molecular formula is C20H19NO6S. The topological polar surface area (TPSA) is 86.0 Å². The molecule has 7 nitrogen and oxygen atoms in total. The van der Waals surface area contributed by atoms with Gasteiger partial charge in [0.15, 0.2) is 0 Å². The molecule has 2 aromatic carbocycles. The second-order valence-electron chi connectivity index (χ2n) is 6.03. The molecule has 0 aliphatic heterocycles. The predicted molar refractivity (Wildman–Crippen MR) is 102 cm³/mol. The summed E-state index contributed by atoms with van der Waals surface area (Å²) in [5.41, 5.74) is 0.307. The van der Waals surface area contributed by atoms with Gasteiger partial charge in [0.05, 0.1) is 5.56 Å². The number of sulfonamides is 1. The molecule has 0 spiro atoms. The number of carbonyl (C=O) groups excluding carboxylic acids is 1. The standard InChI is InChI=1S/C20H19NO6S/c1-21(2)28(23,24)19-12-11-18(27-19)14-25-20(22)15-7-6-10-17(13-15)26-16-8-4-3-5-9-16/h3-13H,14H2,1-2H3. The Labute approximate surface area is 163 Å². The summed E-state index contributed by atoms with van der Waals surface area (Å²) in [7, 11) is -0.863. The zero-order valence-corrected chi connectivity index (χ0v) is 16.2. The van der Waals surface area contributed by atoms with Crippen molar-refractivity contribution in [3.63, 3.8) is 0 Å². The molecule has 0 atom stereocenters. The van der Waals surface area contributed by atoms with Gasteiger partial charge in [0.1, 0.15) is 23.9 Å². The summed E-state index contributed by atoms with van der Waals surface area (Å²) in [6, 6.07) is 18.6. The molecule has 28 heavy (non-hydrogen) atoms. The highest BCUT2D eigenvalue weighted by molar-refractivity contribution is 7.88. The lowest BCUT2D eigenvalue weighted by Gasteiger charge is -2.08. The van der Waals surface area contributed by atoms with E-state index in [0.717, 1.165) is 4.31 Å². The van der Waals surface area contributed by atoms with E-state index in [4.69, 9.17) is 13.9 Å². The molecule has 1 aromatic heterocycles. The monoisotopic (exact) mass is 401 g/mol. The van der Waals surface area contributed by atoms with Gasteiger partial charge in [-0.15, -0.1) is 0 Å². The van der Waals surface area contributed by atoms with Crippen LogP contribution in [0.1, 0.15) is 16.1 Å². The maximum absolute atomic E-state index is 12.3. The van der Waals surface area contributed by atoms with Crippen LogP contribution in [0.3, 0.4) is 0 Å². The first-order chi connectivity index (χ1) is 13.4. The minimum absolute atomic E-state index is 0.189. The van der Waals surface area contributed by atoms with E-state index in [1.165, 1.54) is 26.2 Å². The first-order valence-electron chi connectivity index (χ1n) is 8.37. The van der Waals surface area contributed by atoms with Gasteiger partial charge < -0.3 is 13.9 Å². The van der Waals surface area contributed by atoms with E-state index in [1.54, 1.807) is 36.4 Å². The van der Waals surface area contributed by atoms with Crippen molar-refractivity contribution in [3.05, 3.63) is 78.1 Å². The van der Waals surface area contributed by atoms with Crippen molar-refractivity contribution in [2.75, 3.05) is 14.1 Å². The maximum atomic E-state index is 12.3. The average Bonchev–Trinajstić information content (AvgIpc) is 3.17. The number of esters is 1. The van der Waals surface area contributed by atoms with E-state index in [1.807, 2.05) is 18.2 Å². The smallest absolute Gasteiger partial charge is 0.338 e. The zero-order valence-electron chi connectivity index (χ0n) is 15.4. The van der Waals surface area contributed by atoms with Crippen LogP contribution in [0.5, 0.6) is 11.5 Å². The number of carbonyl (C=O) groups is 1. The summed E-state index contributed by atoms with van der Waals surface area (Å²) < 4.78 is 41.2. The molecule has 3 aromatic rings. The third kappa shape index (κ3) is 4.59. The average molecular weight is 401 g/mol. The zero-order chi connectivity index (χ0) is 20.1. The van der Waals surface area contributed by atoms with E-state index in [9.17, 15) is 13.2 Å². The molecule has 0 aliphatic rings. The Balaban J connectivity index is 1.64. The molecule has 146 valence electrons. The number of nitrogens with zero attached hydrogens (tertiary/aromatic N) is 1. The second kappa shape index (κ2) is 8.28. The van der Waals surface area contributed by atoms with Gasteiger partial charge in [-0.25, -0.2) is 17.5 Å².